The van der Waals surface area contributed by atoms with Crippen LogP contribution in [0.5, 0.6) is 5.75 Å². The van der Waals surface area contributed by atoms with Crippen LogP contribution >= 0.6 is 0 Å². The molecule has 0 radical (unpaired) electrons. The van der Waals surface area contributed by atoms with Crippen LogP contribution < -0.4 is 4.74 Å². The summed E-state index contributed by atoms with van der Waals surface area (Å²) in [5.41, 5.74) is 1.40. The van der Waals surface area contributed by atoms with Crippen LogP contribution in [0.15, 0.2) is 29.5 Å². The van der Waals surface area contributed by atoms with Crippen LogP contribution in [0.4, 0.5) is 0 Å². The lowest BCUT2D eigenvalue weighted by Crippen LogP contribution is -2.35. The van der Waals surface area contributed by atoms with Crippen molar-refractivity contribution in [2.45, 2.75) is 46.0 Å². The van der Waals surface area contributed by atoms with Crippen LogP contribution in [0, 0.1) is 17.8 Å². The van der Waals surface area contributed by atoms with E-state index in [1.165, 1.54) is 6.92 Å². The normalized spacial score (nSPS) is 24.4. The third kappa shape index (κ3) is 4.27. The highest BCUT2D eigenvalue weighted by Gasteiger charge is 2.40. The number of rotatable bonds is 7. The lowest BCUT2D eigenvalue weighted by molar-refractivity contribution is -0.123. The SMILES string of the molecule is CCCOc1cccc2c1C(=O)CC(CC1CC(=O)C(C(C)=O)=C(O)C1CO)C2. The summed E-state index contributed by atoms with van der Waals surface area (Å²) in [6, 6.07) is 5.63. The fraction of sp³-hybridized carbons (Fsp3) is 0.522. The van der Waals surface area contributed by atoms with Gasteiger partial charge in [0.05, 0.1) is 24.4 Å². The lowest BCUT2D eigenvalue weighted by atomic mass is 9.70. The molecule has 0 bridgehead atoms. The van der Waals surface area contributed by atoms with E-state index in [2.05, 4.69) is 0 Å². The third-order valence-corrected chi connectivity index (χ3v) is 5.92. The molecule has 0 saturated carbocycles. The van der Waals surface area contributed by atoms with Gasteiger partial charge in [0.15, 0.2) is 17.3 Å². The van der Waals surface area contributed by atoms with E-state index in [4.69, 9.17) is 4.74 Å². The van der Waals surface area contributed by atoms with Crippen molar-refractivity contribution in [1.82, 2.24) is 0 Å². The topological polar surface area (TPSA) is 101 Å². The molecule has 29 heavy (non-hydrogen) atoms. The van der Waals surface area contributed by atoms with E-state index in [1.807, 2.05) is 25.1 Å². The second-order valence-electron chi connectivity index (χ2n) is 8.06. The fourth-order valence-corrected chi connectivity index (χ4v) is 4.63. The Balaban J connectivity index is 1.80. The quantitative estimate of drug-likeness (QED) is 0.682. The van der Waals surface area contributed by atoms with Crippen molar-refractivity contribution < 1.29 is 29.3 Å². The molecule has 0 amide bonds. The Kier molecular flexibility index (Phi) is 6.52. The molecule has 2 N–H and O–H groups in total. The van der Waals surface area contributed by atoms with Gasteiger partial charge in [0, 0.05) is 18.8 Å². The van der Waals surface area contributed by atoms with E-state index >= 15 is 0 Å². The molecule has 156 valence electrons. The van der Waals surface area contributed by atoms with Crippen molar-refractivity contribution in [3.8, 4) is 5.75 Å². The van der Waals surface area contributed by atoms with Crippen molar-refractivity contribution in [2.24, 2.45) is 17.8 Å². The standard InChI is InChI=1S/C23H28O6/c1-3-7-29-20-6-4-5-15-8-14(10-18(26)22(15)20)9-16-11-19(27)21(13(2)25)23(28)17(16)12-24/h4-6,14,16-17,24,28H,3,7-12H2,1-2H3. The van der Waals surface area contributed by atoms with Crippen molar-refractivity contribution in [3.05, 3.63) is 40.7 Å². The minimum Gasteiger partial charge on any atom is -0.511 e. The van der Waals surface area contributed by atoms with Crippen molar-refractivity contribution in [1.29, 1.82) is 0 Å². The minimum absolute atomic E-state index is 0.00922. The fourth-order valence-electron chi connectivity index (χ4n) is 4.63. The van der Waals surface area contributed by atoms with Gasteiger partial charge in [-0.1, -0.05) is 19.1 Å². The van der Waals surface area contributed by atoms with Crippen LogP contribution in [0.25, 0.3) is 0 Å². The lowest BCUT2D eigenvalue weighted by Gasteiger charge is -2.34. The van der Waals surface area contributed by atoms with Gasteiger partial charge in [0.2, 0.25) is 0 Å². The molecular formula is C23H28O6. The Hall–Kier alpha value is -2.47. The summed E-state index contributed by atoms with van der Waals surface area (Å²) in [4.78, 5) is 36.9. The summed E-state index contributed by atoms with van der Waals surface area (Å²) in [7, 11) is 0. The summed E-state index contributed by atoms with van der Waals surface area (Å²) in [5.74, 6) is -1.46. The Bertz CT molecular complexity index is 853. The first-order valence-corrected chi connectivity index (χ1v) is 10.2. The Morgan fingerprint density at radius 3 is 2.59 bits per heavy atom. The molecule has 3 unspecified atom stereocenters. The molecule has 1 aromatic rings. The van der Waals surface area contributed by atoms with Gasteiger partial charge in [-0.05, 0) is 49.7 Å². The summed E-state index contributed by atoms with van der Waals surface area (Å²) < 4.78 is 5.74. The average Bonchev–Trinajstić information content (AvgIpc) is 2.65. The van der Waals surface area contributed by atoms with Gasteiger partial charge in [-0.3, -0.25) is 14.4 Å². The molecule has 3 rings (SSSR count). The predicted molar refractivity (Wildman–Crippen MR) is 107 cm³/mol. The highest BCUT2D eigenvalue weighted by Crippen LogP contribution is 2.40. The highest BCUT2D eigenvalue weighted by atomic mass is 16.5. The number of ketones is 3. The first-order chi connectivity index (χ1) is 13.9. The molecule has 0 spiro atoms. The van der Waals surface area contributed by atoms with Crippen LogP contribution in [0.2, 0.25) is 0 Å². The zero-order valence-corrected chi connectivity index (χ0v) is 16.9. The van der Waals surface area contributed by atoms with E-state index in [0.717, 1.165) is 12.0 Å². The maximum atomic E-state index is 12.8. The van der Waals surface area contributed by atoms with Gasteiger partial charge in [-0.25, -0.2) is 0 Å². The van der Waals surface area contributed by atoms with Gasteiger partial charge >= 0.3 is 0 Å². The van der Waals surface area contributed by atoms with Crippen LogP contribution in [0.1, 0.15) is 55.5 Å². The molecule has 2 aliphatic rings. The number of hydrogen-bond acceptors (Lipinski definition) is 6. The van der Waals surface area contributed by atoms with Gasteiger partial charge in [0.1, 0.15) is 11.5 Å². The van der Waals surface area contributed by atoms with Gasteiger partial charge in [-0.15, -0.1) is 0 Å². The minimum atomic E-state index is -0.651. The Morgan fingerprint density at radius 1 is 1.17 bits per heavy atom. The van der Waals surface area contributed by atoms with Gasteiger partial charge in [-0.2, -0.15) is 0 Å². The maximum absolute atomic E-state index is 12.8. The number of allylic oxidation sites excluding steroid dienone is 1. The molecule has 6 nitrogen and oxygen atoms in total. The average molecular weight is 400 g/mol. The number of aliphatic hydroxyl groups is 2. The summed E-state index contributed by atoms with van der Waals surface area (Å²) >= 11 is 0. The summed E-state index contributed by atoms with van der Waals surface area (Å²) in [5, 5.41) is 20.2. The molecular weight excluding hydrogens is 372 g/mol. The van der Waals surface area contributed by atoms with Crippen LogP contribution in [-0.2, 0) is 16.0 Å². The van der Waals surface area contributed by atoms with Gasteiger partial charge in [0.25, 0.3) is 0 Å². The molecule has 6 heteroatoms. The Labute approximate surface area is 170 Å². The maximum Gasteiger partial charge on any atom is 0.170 e. The first kappa shape index (κ1) is 21.2. The molecule has 1 aromatic carbocycles. The summed E-state index contributed by atoms with van der Waals surface area (Å²) in [6.45, 7) is 3.47. The Morgan fingerprint density at radius 2 is 1.93 bits per heavy atom. The number of fused-ring (bicyclic) bond motifs is 1. The van der Waals surface area contributed by atoms with E-state index in [-0.39, 0.29) is 47.8 Å². The van der Waals surface area contributed by atoms with E-state index in [0.29, 0.717) is 37.2 Å². The van der Waals surface area contributed by atoms with Crippen LogP contribution in [-0.4, -0.2) is 40.8 Å². The largest absolute Gasteiger partial charge is 0.511 e. The second-order valence-corrected chi connectivity index (χ2v) is 8.06. The number of hydrogen-bond donors (Lipinski definition) is 2. The van der Waals surface area contributed by atoms with E-state index in [1.54, 1.807) is 0 Å². The van der Waals surface area contributed by atoms with Crippen molar-refractivity contribution >= 4 is 17.3 Å². The number of ether oxygens (including phenoxy) is 1. The van der Waals surface area contributed by atoms with Crippen molar-refractivity contribution in [2.75, 3.05) is 13.2 Å². The smallest absolute Gasteiger partial charge is 0.170 e. The number of benzene rings is 1. The predicted octanol–water partition coefficient (Wildman–Crippen LogP) is 3.21. The molecule has 0 saturated heterocycles. The molecule has 0 aliphatic heterocycles. The molecule has 0 aromatic heterocycles. The van der Waals surface area contributed by atoms with Gasteiger partial charge < -0.3 is 14.9 Å². The van der Waals surface area contributed by atoms with E-state index < -0.39 is 11.7 Å². The second kappa shape index (κ2) is 8.91. The summed E-state index contributed by atoms with van der Waals surface area (Å²) in [6.07, 6.45) is 2.50. The van der Waals surface area contributed by atoms with Crippen LogP contribution in [0.3, 0.4) is 0 Å². The molecule has 0 fully saturated rings. The third-order valence-electron chi connectivity index (χ3n) is 5.92. The zero-order valence-electron chi connectivity index (χ0n) is 16.9. The monoisotopic (exact) mass is 400 g/mol. The number of Topliss-reactive ketones (excluding diaryl/α,β-unsaturated/α-hetero) is 3. The van der Waals surface area contributed by atoms with E-state index in [9.17, 15) is 24.6 Å². The number of carbonyl (C=O) groups is 3. The number of carbonyl (C=O) groups excluding carboxylic acids is 3. The highest BCUT2D eigenvalue weighted by molar-refractivity contribution is 6.20. The molecule has 2 aliphatic carbocycles. The number of aliphatic hydroxyl groups excluding tert-OH is 2. The first-order valence-electron chi connectivity index (χ1n) is 10.2. The zero-order chi connectivity index (χ0) is 21.1. The van der Waals surface area contributed by atoms with Crippen molar-refractivity contribution in [3.63, 3.8) is 0 Å². The molecule has 0 heterocycles. The molecule has 3 atom stereocenters.